The number of benzene rings is 1. The van der Waals surface area contributed by atoms with E-state index in [1.807, 2.05) is 0 Å². The first kappa shape index (κ1) is 21.9. The van der Waals surface area contributed by atoms with E-state index < -0.39 is 23.7 Å². The second-order valence-corrected chi connectivity index (χ2v) is 7.41. The molecule has 3 amide bonds. The monoisotopic (exact) mass is 454 g/mol. The maximum atomic E-state index is 14.2. The Bertz CT molecular complexity index is 1300. The summed E-state index contributed by atoms with van der Waals surface area (Å²) in [5.74, 6) is -2.23. The van der Waals surface area contributed by atoms with Crippen LogP contribution in [0.3, 0.4) is 0 Å². The van der Waals surface area contributed by atoms with Crippen molar-refractivity contribution in [1.29, 1.82) is 0 Å². The molecule has 0 spiro atoms. The van der Waals surface area contributed by atoms with Gasteiger partial charge in [0, 0.05) is 12.6 Å². The van der Waals surface area contributed by atoms with Crippen LogP contribution in [0.15, 0.2) is 30.5 Å². The van der Waals surface area contributed by atoms with Gasteiger partial charge in [-0.2, -0.15) is 5.10 Å². The number of ketones is 1. The number of hydrogen-bond donors (Lipinski definition) is 3. The average Bonchev–Trinajstić information content (AvgIpc) is 3.17. The fourth-order valence-electron chi connectivity index (χ4n) is 3.10. The van der Waals surface area contributed by atoms with Crippen molar-refractivity contribution < 1.29 is 28.3 Å². The number of rotatable bonds is 6. The van der Waals surface area contributed by atoms with E-state index in [1.54, 1.807) is 18.2 Å². The highest BCUT2D eigenvalue weighted by atomic mass is 19.1. The second-order valence-electron chi connectivity index (χ2n) is 7.41. The number of anilines is 1. The lowest BCUT2D eigenvalue weighted by Gasteiger charge is -2.18. The Balaban J connectivity index is 1.56. The van der Waals surface area contributed by atoms with Gasteiger partial charge in [-0.1, -0.05) is 6.07 Å². The number of fused-ring (bicyclic) bond motifs is 2. The number of carbonyl (C=O) groups is 4. The lowest BCUT2D eigenvalue weighted by Crippen LogP contribution is -2.38. The van der Waals surface area contributed by atoms with Crippen molar-refractivity contribution in [2.24, 2.45) is 0 Å². The summed E-state index contributed by atoms with van der Waals surface area (Å²) in [6.45, 7) is 2.82. The summed E-state index contributed by atoms with van der Waals surface area (Å²) in [6, 6.07) is 5.42. The van der Waals surface area contributed by atoms with Gasteiger partial charge in [-0.05, 0) is 31.5 Å². The summed E-state index contributed by atoms with van der Waals surface area (Å²) >= 11 is 0. The molecule has 4 rings (SSSR count). The van der Waals surface area contributed by atoms with Crippen LogP contribution in [0, 0.1) is 5.82 Å². The summed E-state index contributed by atoms with van der Waals surface area (Å²) in [7, 11) is 0. The Hall–Kier alpha value is -4.35. The van der Waals surface area contributed by atoms with E-state index in [0.717, 1.165) is 16.8 Å². The summed E-state index contributed by atoms with van der Waals surface area (Å²) in [6.07, 6.45) is 0.874. The van der Waals surface area contributed by atoms with E-state index in [-0.39, 0.29) is 41.9 Å². The average molecular weight is 454 g/mol. The molecule has 1 atom stereocenters. The first-order valence-electron chi connectivity index (χ1n) is 9.92. The normalized spacial score (nSPS) is 13.5. The van der Waals surface area contributed by atoms with Gasteiger partial charge in [0.25, 0.3) is 17.7 Å². The van der Waals surface area contributed by atoms with E-state index in [0.29, 0.717) is 17.0 Å². The molecule has 11 nitrogen and oxygen atoms in total. The number of nitrogens with zero attached hydrogens (tertiary/aromatic N) is 3. The van der Waals surface area contributed by atoms with Gasteiger partial charge in [0.1, 0.15) is 17.1 Å². The topological polar surface area (TPSA) is 144 Å². The molecule has 1 aliphatic rings. The molecule has 12 heteroatoms. The van der Waals surface area contributed by atoms with Gasteiger partial charge in [0.2, 0.25) is 0 Å². The minimum atomic E-state index is -0.816. The summed E-state index contributed by atoms with van der Waals surface area (Å²) in [4.78, 5) is 52.3. The molecule has 0 unspecified atom stereocenters. The number of ether oxygens (including phenoxy) is 1. The van der Waals surface area contributed by atoms with Crippen LogP contribution < -0.4 is 20.7 Å². The molecular weight excluding hydrogens is 435 g/mol. The van der Waals surface area contributed by atoms with Gasteiger partial charge in [-0.25, -0.2) is 13.9 Å². The number of amides is 3. The Labute approximate surface area is 186 Å². The van der Waals surface area contributed by atoms with Crippen LogP contribution in [0.2, 0.25) is 0 Å². The first-order valence-corrected chi connectivity index (χ1v) is 9.92. The maximum Gasteiger partial charge on any atom is 0.270 e. The van der Waals surface area contributed by atoms with Crippen LogP contribution in [0.25, 0.3) is 5.65 Å². The lowest BCUT2D eigenvalue weighted by molar-refractivity contribution is -0.119. The van der Waals surface area contributed by atoms with Gasteiger partial charge in [-0.15, -0.1) is 0 Å². The Morgan fingerprint density at radius 3 is 2.82 bits per heavy atom. The van der Waals surface area contributed by atoms with Gasteiger partial charge < -0.3 is 20.7 Å². The quantitative estimate of drug-likeness (QED) is 0.501. The fourth-order valence-corrected chi connectivity index (χ4v) is 3.10. The molecule has 0 saturated heterocycles. The molecule has 1 aromatic carbocycles. The summed E-state index contributed by atoms with van der Waals surface area (Å²) in [5.41, 5.74) is 0.472. The van der Waals surface area contributed by atoms with Gasteiger partial charge >= 0.3 is 0 Å². The molecule has 3 aromatic rings. The molecular formula is C21H19FN6O5. The van der Waals surface area contributed by atoms with Crippen molar-refractivity contribution in [3.8, 4) is 5.75 Å². The van der Waals surface area contributed by atoms with Crippen LogP contribution in [-0.4, -0.2) is 50.8 Å². The summed E-state index contributed by atoms with van der Waals surface area (Å²) in [5, 5.41) is 11.6. The Kier molecular flexibility index (Phi) is 5.73. The third kappa shape index (κ3) is 4.49. The van der Waals surface area contributed by atoms with E-state index >= 15 is 0 Å². The first-order chi connectivity index (χ1) is 15.7. The Morgan fingerprint density at radius 2 is 2.06 bits per heavy atom. The van der Waals surface area contributed by atoms with E-state index in [4.69, 9.17) is 4.74 Å². The molecule has 2 aromatic heterocycles. The molecule has 3 heterocycles. The predicted molar refractivity (Wildman–Crippen MR) is 112 cm³/mol. The highest BCUT2D eigenvalue weighted by molar-refractivity contribution is 6.00. The minimum Gasteiger partial charge on any atom is -0.482 e. The number of nitrogens with one attached hydrogen (secondary N) is 3. The molecule has 33 heavy (non-hydrogen) atoms. The smallest absolute Gasteiger partial charge is 0.270 e. The molecule has 0 saturated carbocycles. The zero-order chi connectivity index (χ0) is 23.7. The van der Waals surface area contributed by atoms with Gasteiger partial charge in [0.05, 0.1) is 17.9 Å². The highest BCUT2D eigenvalue weighted by Crippen LogP contribution is 2.28. The largest absolute Gasteiger partial charge is 0.482 e. The molecule has 0 fully saturated rings. The van der Waals surface area contributed by atoms with Gasteiger partial charge in [0.15, 0.2) is 23.9 Å². The van der Waals surface area contributed by atoms with E-state index in [1.165, 1.54) is 13.8 Å². The molecule has 170 valence electrons. The number of hydrogen-bond acceptors (Lipinski definition) is 7. The van der Waals surface area contributed by atoms with Crippen molar-refractivity contribution in [1.82, 2.24) is 25.2 Å². The predicted octanol–water partition coefficient (Wildman–Crippen LogP) is 0.837. The third-order valence-electron chi connectivity index (χ3n) is 4.98. The molecule has 0 aliphatic carbocycles. The lowest BCUT2D eigenvalue weighted by atomic mass is 10.1. The number of Topliss-reactive ketones (excluding diaryl/α,β-unsaturated/α-hetero) is 1. The van der Waals surface area contributed by atoms with Gasteiger partial charge in [-0.3, -0.25) is 19.2 Å². The van der Waals surface area contributed by atoms with Crippen LogP contribution in [0.5, 0.6) is 5.75 Å². The fraction of sp³-hybridized carbons (Fsp3) is 0.238. The molecule has 0 radical (unpaired) electrons. The molecule has 1 aliphatic heterocycles. The maximum absolute atomic E-state index is 14.2. The standard InChI is InChI=1S/C21H19FN6O5/c1-10(11(2)29)25-21(32)16-6-15(27-19-13(22)8-24-28(16)19)20(31)23-7-12-3-4-17-14(5-12)26-18(30)9-33-17/h3-6,8,10H,7,9H2,1-2H3,(H,23,31)(H,25,32)(H,26,30)/t10-/m1/s1. The number of halogens is 1. The van der Waals surface area contributed by atoms with Crippen molar-refractivity contribution in [2.75, 3.05) is 11.9 Å². The molecule has 0 bridgehead atoms. The number of aromatic nitrogens is 3. The van der Waals surface area contributed by atoms with Crippen LogP contribution >= 0.6 is 0 Å². The van der Waals surface area contributed by atoms with Crippen molar-refractivity contribution in [2.45, 2.75) is 26.4 Å². The highest BCUT2D eigenvalue weighted by Gasteiger charge is 2.22. The molecule has 3 N–H and O–H groups in total. The van der Waals surface area contributed by atoms with Crippen LogP contribution in [-0.2, 0) is 16.1 Å². The zero-order valence-electron chi connectivity index (χ0n) is 17.6. The second kappa shape index (κ2) is 8.65. The SMILES string of the molecule is CC(=O)[C@@H](C)NC(=O)c1cc(C(=O)NCc2ccc3c(c2)NC(=O)CO3)nc2c(F)cnn12. The Morgan fingerprint density at radius 1 is 1.27 bits per heavy atom. The third-order valence-corrected chi connectivity index (χ3v) is 4.98. The summed E-state index contributed by atoms with van der Waals surface area (Å²) < 4.78 is 20.4. The van der Waals surface area contributed by atoms with Crippen LogP contribution in [0.1, 0.15) is 40.4 Å². The van der Waals surface area contributed by atoms with Crippen LogP contribution in [0.4, 0.5) is 10.1 Å². The van der Waals surface area contributed by atoms with Crippen molar-refractivity contribution >= 4 is 34.8 Å². The van der Waals surface area contributed by atoms with Crippen molar-refractivity contribution in [3.05, 3.63) is 53.2 Å². The van der Waals surface area contributed by atoms with E-state index in [9.17, 15) is 23.6 Å². The van der Waals surface area contributed by atoms with Crippen molar-refractivity contribution in [3.63, 3.8) is 0 Å². The minimum absolute atomic E-state index is 0.0660. The zero-order valence-corrected chi connectivity index (χ0v) is 17.6. The van der Waals surface area contributed by atoms with E-state index in [2.05, 4.69) is 26.0 Å². The number of carbonyl (C=O) groups excluding carboxylic acids is 4.